The molecular weight excluding hydrogens is 270 g/mol. The Kier molecular flexibility index (Phi) is 13.3. The minimum absolute atomic E-state index is 0.200. The third-order valence-corrected chi connectivity index (χ3v) is 3.15. The van der Waals surface area contributed by atoms with Gasteiger partial charge in [0.1, 0.15) is 0 Å². The maximum absolute atomic E-state index is 5.72. The van der Waals surface area contributed by atoms with Gasteiger partial charge in [-0.1, -0.05) is 27.7 Å². The van der Waals surface area contributed by atoms with E-state index in [2.05, 4.69) is 33.0 Å². The number of hydrogen-bond acceptors (Lipinski definition) is 5. The smallest absolute Gasteiger partial charge is 0.0701 e. The fourth-order valence-corrected chi connectivity index (χ4v) is 1.72. The molecule has 0 aromatic carbocycles. The SMILES string of the molecule is CCCNC(COCCOCCOCCOC)C(C)(C)C. The van der Waals surface area contributed by atoms with Gasteiger partial charge in [0.25, 0.3) is 0 Å². The van der Waals surface area contributed by atoms with Crippen molar-refractivity contribution in [3.05, 3.63) is 0 Å². The average molecular weight is 305 g/mol. The first kappa shape index (κ1) is 20.8. The van der Waals surface area contributed by atoms with Crippen LogP contribution >= 0.6 is 0 Å². The lowest BCUT2D eigenvalue weighted by Crippen LogP contribution is -2.44. The Labute approximate surface area is 130 Å². The van der Waals surface area contributed by atoms with E-state index in [4.69, 9.17) is 18.9 Å². The van der Waals surface area contributed by atoms with Crippen LogP contribution in [0.2, 0.25) is 0 Å². The molecule has 0 rings (SSSR count). The van der Waals surface area contributed by atoms with E-state index >= 15 is 0 Å². The quantitative estimate of drug-likeness (QED) is 0.498. The summed E-state index contributed by atoms with van der Waals surface area (Å²) >= 11 is 0. The monoisotopic (exact) mass is 305 g/mol. The Balaban J connectivity index is 3.49. The highest BCUT2D eigenvalue weighted by Gasteiger charge is 2.23. The minimum atomic E-state index is 0.200. The van der Waals surface area contributed by atoms with E-state index in [0.717, 1.165) is 19.6 Å². The summed E-state index contributed by atoms with van der Waals surface area (Å²) in [6.07, 6.45) is 1.14. The van der Waals surface area contributed by atoms with Crippen molar-refractivity contribution < 1.29 is 18.9 Å². The van der Waals surface area contributed by atoms with Crippen molar-refractivity contribution in [2.75, 3.05) is 59.9 Å². The van der Waals surface area contributed by atoms with Crippen LogP contribution < -0.4 is 5.32 Å². The molecule has 1 unspecified atom stereocenters. The summed E-state index contributed by atoms with van der Waals surface area (Å²) in [5.41, 5.74) is 0.200. The van der Waals surface area contributed by atoms with Crippen molar-refractivity contribution in [1.29, 1.82) is 0 Å². The molecule has 0 aliphatic rings. The summed E-state index contributed by atoms with van der Waals surface area (Å²) in [5, 5.41) is 3.54. The first-order valence-electron chi connectivity index (χ1n) is 7.98. The summed E-state index contributed by atoms with van der Waals surface area (Å²) in [4.78, 5) is 0. The zero-order chi connectivity index (χ0) is 16.0. The highest BCUT2D eigenvalue weighted by Crippen LogP contribution is 2.19. The molecule has 1 N–H and O–H groups in total. The highest BCUT2D eigenvalue weighted by atomic mass is 16.6. The highest BCUT2D eigenvalue weighted by molar-refractivity contribution is 4.79. The summed E-state index contributed by atoms with van der Waals surface area (Å²) < 4.78 is 21.4. The van der Waals surface area contributed by atoms with Gasteiger partial charge in [-0.15, -0.1) is 0 Å². The van der Waals surface area contributed by atoms with E-state index in [0.29, 0.717) is 45.7 Å². The molecule has 0 saturated carbocycles. The molecule has 0 aromatic rings. The Morgan fingerprint density at radius 3 is 1.86 bits per heavy atom. The van der Waals surface area contributed by atoms with E-state index in [1.807, 2.05) is 0 Å². The van der Waals surface area contributed by atoms with Gasteiger partial charge < -0.3 is 24.3 Å². The van der Waals surface area contributed by atoms with E-state index in [1.54, 1.807) is 7.11 Å². The molecule has 0 spiro atoms. The predicted octanol–water partition coefficient (Wildman–Crippen LogP) is 2.10. The molecule has 21 heavy (non-hydrogen) atoms. The van der Waals surface area contributed by atoms with Gasteiger partial charge in [0.15, 0.2) is 0 Å². The van der Waals surface area contributed by atoms with Gasteiger partial charge in [0, 0.05) is 13.2 Å². The fraction of sp³-hybridized carbons (Fsp3) is 1.00. The van der Waals surface area contributed by atoms with E-state index < -0.39 is 0 Å². The van der Waals surface area contributed by atoms with Crippen LogP contribution in [-0.4, -0.2) is 65.9 Å². The second kappa shape index (κ2) is 13.5. The van der Waals surface area contributed by atoms with Crippen molar-refractivity contribution in [1.82, 2.24) is 5.32 Å². The molecule has 1 atom stereocenters. The van der Waals surface area contributed by atoms with Gasteiger partial charge in [-0.3, -0.25) is 0 Å². The molecule has 0 fully saturated rings. The lowest BCUT2D eigenvalue weighted by Gasteiger charge is -2.31. The maximum Gasteiger partial charge on any atom is 0.0701 e. The Hall–Kier alpha value is -0.200. The van der Waals surface area contributed by atoms with Gasteiger partial charge in [-0.05, 0) is 18.4 Å². The second-order valence-corrected chi connectivity index (χ2v) is 6.17. The van der Waals surface area contributed by atoms with E-state index in [9.17, 15) is 0 Å². The summed E-state index contributed by atoms with van der Waals surface area (Å²) in [6.45, 7) is 14.3. The molecule has 0 aromatic heterocycles. The number of methoxy groups -OCH3 is 1. The zero-order valence-corrected chi connectivity index (χ0v) is 14.6. The third-order valence-electron chi connectivity index (χ3n) is 3.15. The molecule has 128 valence electrons. The summed E-state index contributed by atoms with van der Waals surface area (Å²) in [5.74, 6) is 0. The van der Waals surface area contributed by atoms with Crippen LogP contribution in [0.5, 0.6) is 0 Å². The van der Waals surface area contributed by atoms with Crippen molar-refractivity contribution in [3.8, 4) is 0 Å². The number of ether oxygens (including phenoxy) is 4. The van der Waals surface area contributed by atoms with Gasteiger partial charge >= 0.3 is 0 Å². The van der Waals surface area contributed by atoms with Crippen molar-refractivity contribution in [2.24, 2.45) is 5.41 Å². The summed E-state index contributed by atoms with van der Waals surface area (Å²) in [6, 6.07) is 0.370. The van der Waals surface area contributed by atoms with Gasteiger partial charge in [0.2, 0.25) is 0 Å². The van der Waals surface area contributed by atoms with Crippen LogP contribution in [0, 0.1) is 5.41 Å². The normalized spacial score (nSPS) is 13.6. The van der Waals surface area contributed by atoms with Crippen LogP contribution in [0.25, 0.3) is 0 Å². The average Bonchev–Trinajstić information content (AvgIpc) is 2.42. The first-order chi connectivity index (χ1) is 10.0. The molecule has 0 bridgehead atoms. The Morgan fingerprint density at radius 1 is 0.857 bits per heavy atom. The Morgan fingerprint density at radius 2 is 1.38 bits per heavy atom. The first-order valence-corrected chi connectivity index (χ1v) is 7.98. The topological polar surface area (TPSA) is 49.0 Å². The van der Waals surface area contributed by atoms with Crippen LogP contribution in [0.4, 0.5) is 0 Å². The van der Waals surface area contributed by atoms with Crippen LogP contribution in [0.3, 0.4) is 0 Å². The molecule has 0 heterocycles. The van der Waals surface area contributed by atoms with Gasteiger partial charge in [-0.25, -0.2) is 0 Å². The van der Waals surface area contributed by atoms with Crippen LogP contribution in [0.1, 0.15) is 34.1 Å². The van der Waals surface area contributed by atoms with Crippen LogP contribution in [-0.2, 0) is 18.9 Å². The second-order valence-electron chi connectivity index (χ2n) is 6.17. The molecule has 5 nitrogen and oxygen atoms in total. The maximum atomic E-state index is 5.72. The standard InChI is InChI=1S/C16H35NO4/c1-6-7-17-15(16(2,3)4)14-21-13-12-20-11-10-19-9-8-18-5/h15,17H,6-14H2,1-5H3. The number of rotatable bonds is 14. The van der Waals surface area contributed by atoms with Crippen LogP contribution in [0.15, 0.2) is 0 Å². The van der Waals surface area contributed by atoms with Crippen molar-refractivity contribution >= 4 is 0 Å². The fourth-order valence-electron chi connectivity index (χ4n) is 1.72. The zero-order valence-electron chi connectivity index (χ0n) is 14.6. The van der Waals surface area contributed by atoms with E-state index in [-0.39, 0.29) is 5.41 Å². The molecule has 0 radical (unpaired) electrons. The van der Waals surface area contributed by atoms with Crippen molar-refractivity contribution in [2.45, 2.75) is 40.2 Å². The van der Waals surface area contributed by atoms with E-state index in [1.165, 1.54) is 0 Å². The largest absolute Gasteiger partial charge is 0.382 e. The Bertz CT molecular complexity index is 219. The van der Waals surface area contributed by atoms with Crippen molar-refractivity contribution in [3.63, 3.8) is 0 Å². The van der Waals surface area contributed by atoms with Gasteiger partial charge in [-0.2, -0.15) is 0 Å². The number of hydrogen-bond donors (Lipinski definition) is 1. The molecule has 0 amide bonds. The van der Waals surface area contributed by atoms with Gasteiger partial charge in [0.05, 0.1) is 46.2 Å². The molecular formula is C16H35NO4. The third kappa shape index (κ3) is 13.2. The molecule has 5 heteroatoms. The molecule has 0 aliphatic heterocycles. The lowest BCUT2D eigenvalue weighted by atomic mass is 9.87. The number of nitrogens with one attached hydrogen (secondary N) is 1. The molecule has 0 saturated heterocycles. The lowest BCUT2D eigenvalue weighted by molar-refractivity contribution is -0.00432. The predicted molar refractivity (Wildman–Crippen MR) is 85.9 cm³/mol. The minimum Gasteiger partial charge on any atom is -0.382 e. The molecule has 0 aliphatic carbocycles. The summed E-state index contributed by atoms with van der Waals surface area (Å²) in [7, 11) is 1.66.